The molecule has 2 heterocycles. The molecule has 3 rings (SSSR count). The molecule has 1 aromatic heterocycles. The van der Waals surface area contributed by atoms with Gasteiger partial charge in [0, 0.05) is 13.6 Å². The average molecular weight is 348 g/mol. The SMILES string of the molecule is Cn1ncc2c1N(CC(=O)NCc1ccccc1)S(=O)(=O)CC2=O. The van der Waals surface area contributed by atoms with Gasteiger partial charge in [-0.3, -0.25) is 14.3 Å². The number of rotatable bonds is 4. The largest absolute Gasteiger partial charge is 0.350 e. The summed E-state index contributed by atoms with van der Waals surface area (Å²) >= 11 is 0. The van der Waals surface area contributed by atoms with E-state index in [1.807, 2.05) is 30.3 Å². The Morgan fingerprint density at radius 2 is 2.00 bits per heavy atom. The second-order valence-electron chi connectivity index (χ2n) is 5.45. The fourth-order valence-corrected chi connectivity index (χ4v) is 3.97. The number of benzene rings is 1. The maximum absolute atomic E-state index is 12.3. The van der Waals surface area contributed by atoms with Gasteiger partial charge < -0.3 is 5.32 Å². The Kier molecular flexibility index (Phi) is 4.10. The lowest BCUT2D eigenvalue weighted by Gasteiger charge is -2.27. The number of ketones is 1. The van der Waals surface area contributed by atoms with Crippen LogP contribution in [0.1, 0.15) is 15.9 Å². The minimum absolute atomic E-state index is 0.126. The number of carbonyl (C=O) groups is 2. The van der Waals surface area contributed by atoms with Crippen molar-refractivity contribution in [2.24, 2.45) is 7.05 Å². The van der Waals surface area contributed by atoms with Gasteiger partial charge in [-0.15, -0.1) is 0 Å². The molecule has 0 atom stereocenters. The minimum Gasteiger partial charge on any atom is -0.350 e. The fraction of sp³-hybridized carbons (Fsp3) is 0.267. The van der Waals surface area contributed by atoms with E-state index in [0.717, 1.165) is 9.87 Å². The molecule has 1 aliphatic rings. The highest BCUT2D eigenvalue weighted by Crippen LogP contribution is 2.28. The van der Waals surface area contributed by atoms with Crippen LogP contribution in [0.25, 0.3) is 0 Å². The van der Waals surface area contributed by atoms with Crippen molar-refractivity contribution < 1.29 is 18.0 Å². The zero-order chi connectivity index (χ0) is 17.3. The van der Waals surface area contributed by atoms with Gasteiger partial charge in [0.25, 0.3) is 0 Å². The standard InChI is InChI=1S/C15H16N4O4S/c1-18-15-12(8-17-18)13(20)10-24(22,23)19(15)9-14(21)16-7-11-5-3-2-4-6-11/h2-6,8H,7,9-10H2,1H3,(H,16,21). The van der Waals surface area contributed by atoms with Gasteiger partial charge in [0.2, 0.25) is 15.9 Å². The van der Waals surface area contributed by atoms with Gasteiger partial charge in [-0.2, -0.15) is 5.10 Å². The maximum atomic E-state index is 12.3. The normalized spacial score (nSPS) is 15.9. The predicted molar refractivity (Wildman–Crippen MR) is 87.0 cm³/mol. The first-order chi connectivity index (χ1) is 11.4. The van der Waals surface area contributed by atoms with Crippen molar-refractivity contribution in [3.63, 3.8) is 0 Å². The lowest BCUT2D eigenvalue weighted by Crippen LogP contribution is -2.46. The molecule has 0 unspecified atom stereocenters. The zero-order valence-electron chi connectivity index (χ0n) is 13.0. The number of sulfonamides is 1. The summed E-state index contributed by atoms with van der Waals surface area (Å²) in [4.78, 5) is 24.1. The number of aromatic nitrogens is 2. The van der Waals surface area contributed by atoms with E-state index in [0.29, 0.717) is 6.54 Å². The van der Waals surface area contributed by atoms with Crippen LogP contribution in [0.15, 0.2) is 36.5 Å². The summed E-state index contributed by atoms with van der Waals surface area (Å²) in [5, 5.41) is 6.60. The molecule has 0 aliphatic carbocycles. The van der Waals surface area contributed by atoms with E-state index in [-0.39, 0.29) is 11.4 Å². The molecule has 1 aliphatic heterocycles. The highest BCUT2D eigenvalue weighted by molar-refractivity contribution is 7.93. The quantitative estimate of drug-likeness (QED) is 0.842. The van der Waals surface area contributed by atoms with Crippen LogP contribution < -0.4 is 9.62 Å². The first kappa shape index (κ1) is 16.2. The summed E-state index contributed by atoms with van der Waals surface area (Å²) in [5.41, 5.74) is 1.12. The summed E-state index contributed by atoms with van der Waals surface area (Å²) in [6.45, 7) is -0.0975. The number of amides is 1. The molecule has 0 bridgehead atoms. The number of hydrogen-bond acceptors (Lipinski definition) is 5. The lowest BCUT2D eigenvalue weighted by atomic mass is 10.2. The molecule has 24 heavy (non-hydrogen) atoms. The molecule has 126 valence electrons. The lowest BCUT2D eigenvalue weighted by molar-refractivity contribution is -0.119. The van der Waals surface area contributed by atoms with E-state index >= 15 is 0 Å². The summed E-state index contributed by atoms with van der Waals surface area (Å²) in [7, 11) is -2.36. The van der Waals surface area contributed by atoms with Gasteiger partial charge in [0.1, 0.15) is 12.3 Å². The second kappa shape index (κ2) is 6.08. The van der Waals surface area contributed by atoms with E-state index in [1.54, 1.807) is 0 Å². The summed E-state index contributed by atoms with van der Waals surface area (Å²) in [6, 6.07) is 9.28. The molecule has 0 radical (unpaired) electrons. The van der Waals surface area contributed by atoms with Crippen molar-refractivity contribution in [3.05, 3.63) is 47.7 Å². The Morgan fingerprint density at radius 3 is 2.71 bits per heavy atom. The molecular weight excluding hydrogens is 332 g/mol. The Bertz CT molecular complexity index is 889. The third kappa shape index (κ3) is 3.02. The van der Waals surface area contributed by atoms with Gasteiger partial charge in [-0.1, -0.05) is 30.3 Å². The molecule has 9 heteroatoms. The average Bonchev–Trinajstić information content (AvgIpc) is 2.92. The van der Waals surface area contributed by atoms with Crippen LogP contribution in [0.5, 0.6) is 0 Å². The Balaban J connectivity index is 1.78. The van der Waals surface area contributed by atoms with Gasteiger partial charge >= 0.3 is 0 Å². The molecule has 0 saturated heterocycles. The van der Waals surface area contributed by atoms with Crippen LogP contribution in [0.2, 0.25) is 0 Å². The summed E-state index contributed by atoms with van der Waals surface area (Å²) in [6.07, 6.45) is 1.32. The zero-order valence-corrected chi connectivity index (χ0v) is 13.8. The number of fused-ring (bicyclic) bond motifs is 1. The second-order valence-corrected chi connectivity index (χ2v) is 7.35. The van der Waals surface area contributed by atoms with Gasteiger partial charge in [-0.25, -0.2) is 12.7 Å². The number of nitrogens with one attached hydrogen (secondary N) is 1. The third-order valence-corrected chi connectivity index (χ3v) is 5.31. The van der Waals surface area contributed by atoms with Crippen molar-refractivity contribution >= 4 is 27.5 Å². The van der Waals surface area contributed by atoms with Crippen LogP contribution in [0.4, 0.5) is 5.82 Å². The number of anilines is 1. The molecular formula is C15H16N4O4S. The number of aryl methyl sites for hydroxylation is 1. The number of hydrogen-bond donors (Lipinski definition) is 1. The fourth-order valence-electron chi connectivity index (χ4n) is 2.53. The number of carbonyl (C=O) groups excluding carboxylic acids is 2. The third-order valence-electron chi connectivity index (χ3n) is 3.71. The first-order valence-corrected chi connectivity index (χ1v) is 8.85. The Labute approximate surface area is 139 Å². The van der Waals surface area contributed by atoms with Crippen molar-refractivity contribution in [1.29, 1.82) is 0 Å². The van der Waals surface area contributed by atoms with Gasteiger partial charge in [-0.05, 0) is 5.56 Å². The van der Waals surface area contributed by atoms with E-state index in [1.165, 1.54) is 17.9 Å². The van der Waals surface area contributed by atoms with E-state index in [2.05, 4.69) is 10.4 Å². The molecule has 0 fully saturated rings. The predicted octanol–water partition coefficient (Wildman–Crippen LogP) is 0.0690. The van der Waals surface area contributed by atoms with Crippen LogP contribution >= 0.6 is 0 Å². The molecule has 0 saturated carbocycles. The van der Waals surface area contributed by atoms with Crippen LogP contribution in [0, 0.1) is 0 Å². The van der Waals surface area contributed by atoms with Crippen molar-refractivity contribution in [1.82, 2.24) is 15.1 Å². The highest BCUT2D eigenvalue weighted by Gasteiger charge is 2.38. The Morgan fingerprint density at radius 1 is 1.29 bits per heavy atom. The minimum atomic E-state index is -3.89. The van der Waals surface area contributed by atoms with Gasteiger partial charge in [0.05, 0.1) is 11.8 Å². The smallest absolute Gasteiger partial charge is 0.244 e. The summed E-state index contributed by atoms with van der Waals surface area (Å²) in [5.74, 6) is -1.50. The highest BCUT2D eigenvalue weighted by atomic mass is 32.2. The molecule has 1 amide bonds. The number of nitrogens with zero attached hydrogens (tertiary/aromatic N) is 3. The van der Waals surface area contributed by atoms with E-state index in [4.69, 9.17) is 0 Å². The van der Waals surface area contributed by atoms with Crippen molar-refractivity contribution in [3.8, 4) is 0 Å². The molecule has 0 spiro atoms. The molecule has 1 N–H and O–H groups in total. The van der Waals surface area contributed by atoms with Crippen molar-refractivity contribution in [2.45, 2.75) is 6.54 Å². The van der Waals surface area contributed by atoms with Gasteiger partial charge in [0.15, 0.2) is 11.6 Å². The number of Topliss-reactive ketones (excluding diaryl/α,β-unsaturated/α-hetero) is 1. The van der Waals surface area contributed by atoms with E-state index in [9.17, 15) is 18.0 Å². The molecule has 8 nitrogen and oxygen atoms in total. The summed E-state index contributed by atoms with van der Waals surface area (Å²) < 4.78 is 26.8. The van der Waals surface area contributed by atoms with Crippen LogP contribution in [0.3, 0.4) is 0 Å². The topological polar surface area (TPSA) is 101 Å². The Hall–Kier alpha value is -2.68. The maximum Gasteiger partial charge on any atom is 0.244 e. The van der Waals surface area contributed by atoms with Crippen molar-refractivity contribution in [2.75, 3.05) is 16.6 Å². The molecule has 1 aromatic carbocycles. The monoisotopic (exact) mass is 348 g/mol. The van der Waals surface area contributed by atoms with Crippen LogP contribution in [-0.4, -0.2) is 42.2 Å². The van der Waals surface area contributed by atoms with Crippen LogP contribution in [-0.2, 0) is 28.4 Å². The van der Waals surface area contributed by atoms with E-state index < -0.39 is 34.0 Å². The first-order valence-electron chi connectivity index (χ1n) is 7.25. The molecule has 2 aromatic rings.